The number of carbonyl (C=O) groups is 3. The number of nitrogens with zero attached hydrogens (tertiary/aromatic N) is 1. The van der Waals surface area contributed by atoms with Crippen LogP contribution in [0.25, 0.3) is 0 Å². The van der Waals surface area contributed by atoms with Gasteiger partial charge in [-0.05, 0) is 12.1 Å². The third kappa shape index (κ3) is 2.26. The quantitative estimate of drug-likeness (QED) is 0.820. The molecule has 1 aromatic rings. The molecule has 1 heterocycles. The summed E-state index contributed by atoms with van der Waals surface area (Å²) in [6.07, 6.45) is -0.664. The maximum atomic E-state index is 13.5. The molecule has 3 amide bonds. The number of hydrogen-bond donors (Lipinski definition) is 1. The molecule has 0 aliphatic carbocycles. The smallest absolute Gasteiger partial charge is 0.406 e. The largest absolute Gasteiger partial charge is 0.453 e. The number of amides is 3. The van der Waals surface area contributed by atoms with Crippen molar-refractivity contribution in [2.75, 3.05) is 20.2 Å². The fourth-order valence-corrected chi connectivity index (χ4v) is 1.84. The van der Waals surface area contributed by atoms with Crippen molar-refractivity contribution in [2.24, 2.45) is 0 Å². The average molecular weight is 266 g/mol. The van der Waals surface area contributed by atoms with E-state index in [-0.39, 0.29) is 24.2 Å². The van der Waals surface area contributed by atoms with Crippen molar-refractivity contribution in [3.05, 3.63) is 35.1 Å². The first kappa shape index (κ1) is 13.0. The maximum Gasteiger partial charge on any atom is 0.406 e. The first-order valence-electron chi connectivity index (χ1n) is 5.52. The summed E-state index contributed by atoms with van der Waals surface area (Å²) in [5, 5.41) is 2.34. The Morgan fingerprint density at radius 3 is 2.74 bits per heavy atom. The lowest BCUT2D eigenvalue weighted by atomic mass is 10.1. The molecule has 7 heteroatoms. The molecule has 19 heavy (non-hydrogen) atoms. The summed E-state index contributed by atoms with van der Waals surface area (Å²) >= 11 is 0. The Balaban J connectivity index is 2.10. The Morgan fingerprint density at radius 2 is 2.11 bits per heavy atom. The normalized spacial score (nSPS) is 13.5. The summed E-state index contributed by atoms with van der Waals surface area (Å²) in [5.41, 5.74) is -0.173. The van der Waals surface area contributed by atoms with E-state index in [2.05, 4.69) is 10.1 Å². The van der Waals surface area contributed by atoms with Gasteiger partial charge in [-0.25, -0.2) is 9.18 Å². The van der Waals surface area contributed by atoms with E-state index in [9.17, 15) is 18.8 Å². The van der Waals surface area contributed by atoms with Crippen LogP contribution in [0.15, 0.2) is 18.2 Å². The third-order valence-corrected chi connectivity index (χ3v) is 2.74. The van der Waals surface area contributed by atoms with Crippen LogP contribution in [0.3, 0.4) is 0 Å². The zero-order valence-electron chi connectivity index (χ0n) is 10.1. The van der Waals surface area contributed by atoms with Crippen LogP contribution in [-0.2, 0) is 4.74 Å². The topological polar surface area (TPSA) is 75.7 Å². The summed E-state index contributed by atoms with van der Waals surface area (Å²) in [6.45, 7) is 0.000642. The minimum Gasteiger partial charge on any atom is -0.453 e. The number of hydrogen-bond acceptors (Lipinski definition) is 4. The van der Waals surface area contributed by atoms with Gasteiger partial charge in [0.25, 0.3) is 11.8 Å². The van der Waals surface area contributed by atoms with Crippen molar-refractivity contribution < 1.29 is 23.5 Å². The predicted octanol–water partition coefficient (Wildman–Crippen LogP) is 0.778. The fourth-order valence-electron chi connectivity index (χ4n) is 1.84. The van der Waals surface area contributed by atoms with Gasteiger partial charge in [0.05, 0.1) is 18.2 Å². The average Bonchev–Trinajstić information content (AvgIpc) is 2.64. The molecule has 0 bridgehead atoms. The minimum atomic E-state index is -0.723. The predicted molar refractivity (Wildman–Crippen MR) is 62.2 cm³/mol. The van der Waals surface area contributed by atoms with Gasteiger partial charge in [0.2, 0.25) is 0 Å². The Bertz CT molecular complexity index is 559. The number of fused-ring (bicyclic) bond motifs is 1. The van der Waals surface area contributed by atoms with Crippen LogP contribution in [-0.4, -0.2) is 43.0 Å². The lowest BCUT2D eigenvalue weighted by Gasteiger charge is -2.13. The molecule has 1 N–H and O–H groups in total. The van der Waals surface area contributed by atoms with E-state index in [1.165, 1.54) is 19.2 Å². The van der Waals surface area contributed by atoms with E-state index < -0.39 is 23.7 Å². The summed E-state index contributed by atoms with van der Waals surface area (Å²) in [7, 11) is 1.20. The lowest BCUT2D eigenvalue weighted by molar-refractivity contribution is 0.0652. The molecule has 0 saturated heterocycles. The van der Waals surface area contributed by atoms with Crippen molar-refractivity contribution in [1.29, 1.82) is 0 Å². The molecule has 1 aliphatic heterocycles. The molecule has 0 unspecified atom stereocenters. The first-order chi connectivity index (χ1) is 9.06. The van der Waals surface area contributed by atoms with Crippen LogP contribution >= 0.6 is 0 Å². The second-order valence-electron chi connectivity index (χ2n) is 3.84. The molecule has 0 radical (unpaired) electrons. The van der Waals surface area contributed by atoms with Gasteiger partial charge in [0.1, 0.15) is 5.82 Å². The summed E-state index contributed by atoms with van der Waals surface area (Å²) in [6, 6.07) is 3.89. The number of methoxy groups -OCH3 is 1. The van der Waals surface area contributed by atoms with Gasteiger partial charge in [0.15, 0.2) is 0 Å². The number of carbonyl (C=O) groups excluding carboxylic acids is 3. The van der Waals surface area contributed by atoms with Crippen LogP contribution in [0.1, 0.15) is 20.7 Å². The van der Waals surface area contributed by atoms with Crippen molar-refractivity contribution in [3.8, 4) is 0 Å². The van der Waals surface area contributed by atoms with Crippen LogP contribution in [0, 0.1) is 5.82 Å². The fraction of sp³-hybridized carbons (Fsp3) is 0.250. The van der Waals surface area contributed by atoms with Crippen molar-refractivity contribution in [3.63, 3.8) is 0 Å². The SMILES string of the molecule is COC(=O)NCCN1C(=O)c2cccc(F)c2C1=O. The van der Waals surface area contributed by atoms with Crippen LogP contribution < -0.4 is 5.32 Å². The van der Waals surface area contributed by atoms with Crippen LogP contribution in [0.2, 0.25) is 0 Å². The van der Waals surface area contributed by atoms with E-state index in [4.69, 9.17) is 0 Å². The first-order valence-corrected chi connectivity index (χ1v) is 5.52. The molecule has 2 rings (SSSR count). The van der Waals surface area contributed by atoms with Gasteiger partial charge < -0.3 is 10.1 Å². The zero-order valence-corrected chi connectivity index (χ0v) is 10.1. The Labute approximate surface area is 108 Å². The van der Waals surface area contributed by atoms with Gasteiger partial charge in [-0.2, -0.15) is 0 Å². The number of rotatable bonds is 3. The molecule has 0 aromatic heterocycles. The summed E-state index contributed by atoms with van der Waals surface area (Å²) in [4.78, 5) is 35.5. The monoisotopic (exact) mass is 266 g/mol. The highest BCUT2D eigenvalue weighted by Gasteiger charge is 2.37. The Morgan fingerprint density at radius 1 is 1.37 bits per heavy atom. The molecule has 0 fully saturated rings. The highest BCUT2D eigenvalue weighted by molar-refractivity contribution is 6.21. The Hall–Kier alpha value is -2.44. The molecular weight excluding hydrogens is 255 g/mol. The number of imide groups is 1. The molecule has 0 atom stereocenters. The standard InChI is InChI=1S/C12H11FN2O4/c1-19-12(18)14-5-6-15-10(16)7-3-2-4-8(13)9(7)11(15)17/h2-4H,5-6H2,1H3,(H,14,18). The molecular formula is C12H11FN2O4. The molecule has 100 valence electrons. The van der Waals surface area contributed by atoms with Gasteiger partial charge in [-0.15, -0.1) is 0 Å². The minimum absolute atomic E-state index is 0.0408. The van der Waals surface area contributed by atoms with Crippen molar-refractivity contribution >= 4 is 17.9 Å². The van der Waals surface area contributed by atoms with Crippen molar-refractivity contribution in [2.45, 2.75) is 0 Å². The number of nitrogens with one attached hydrogen (secondary N) is 1. The second kappa shape index (κ2) is 5.05. The van der Waals surface area contributed by atoms with E-state index in [0.717, 1.165) is 11.0 Å². The Kier molecular flexibility index (Phi) is 3.46. The van der Waals surface area contributed by atoms with Gasteiger partial charge in [-0.1, -0.05) is 6.07 Å². The zero-order chi connectivity index (χ0) is 14.0. The van der Waals surface area contributed by atoms with Crippen LogP contribution in [0.4, 0.5) is 9.18 Å². The summed E-state index contributed by atoms with van der Waals surface area (Å²) < 4.78 is 17.9. The van der Waals surface area contributed by atoms with Gasteiger partial charge >= 0.3 is 6.09 Å². The highest BCUT2D eigenvalue weighted by atomic mass is 19.1. The molecule has 0 spiro atoms. The van der Waals surface area contributed by atoms with Crippen LogP contribution in [0.5, 0.6) is 0 Å². The van der Waals surface area contributed by atoms with Gasteiger partial charge in [0, 0.05) is 13.1 Å². The highest BCUT2D eigenvalue weighted by Crippen LogP contribution is 2.24. The number of alkyl carbamates (subject to hydrolysis) is 1. The van der Waals surface area contributed by atoms with E-state index in [0.29, 0.717) is 0 Å². The molecule has 0 saturated carbocycles. The molecule has 1 aromatic carbocycles. The van der Waals surface area contributed by atoms with Gasteiger partial charge in [-0.3, -0.25) is 14.5 Å². The lowest BCUT2D eigenvalue weighted by Crippen LogP contribution is -2.38. The second-order valence-corrected chi connectivity index (χ2v) is 3.84. The van der Waals surface area contributed by atoms with E-state index in [1.54, 1.807) is 0 Å². The molecule has 6 nitrogen and oxygen atoms in total. The van der Waals surface area contributed by atoms with E-state index in [1.807, 2.05) is 0 Å². The van der Waals surface area contributed by atoms with Crippen molar-refractivity contribution in [1.82, 2.24) is 10.2 Å². The number of halogens is 1. The number of benzene rings is 1. The molecule has 1 aliphatic rings. The van der Waals surface area contributed by atoms with E-state index >= 15 is 0 Å². The third-order valence-electron chi connectivity index (χ3n) is 2.74. The summed E-state index contributed by atoms with van der Waals surface area (Å²) in [5.74, 6) is -1.98. The maximum absolute atomic E-state index is 13.5. The number of ether oxygens (including phenoxy) is 1.